The Balaban J connectivity index is 1.50. The van der Waals surface area contributed by atoms with Crippen molar-refractivity contribution in [2.75, 3.05) is 5.32 Å². The lowest BCUT2D eigenvalue weighted by atomic mass is 10.1. The molecule has 0 aliphatic carbocycles. The molecule has 0 unspecified atom stereocenters. The van der Waals surface area contributed by atoms with Crippen LogP contribution in [0, 0.1) is 13.8 Å². The Morgan fingerprint density at radius 2 is 1.14 bits per heavy atom. The van der Waals surface area contributed by atoms with Gasteiger partial charge in [-0.1, -0.05) is 66.7 Å². The fourth-order valence-electron chi connectivity index (χ4n) is 3.85. The van der Waals surface area contributed by atoms with Crippen molar-refractivity contribution in [3.05, 3.63) is 120 Å². The van der Waals surface area contributed by atoms with E-state index in [-0.39, 0.29) is 0 Å². The SMILES string of the molecule is Cc1cc(N=Nc2c(Nc3ccccc3)ccc3ccccc23)c(C)cc1N=Nc1ccccc1. The molecule has 0 saturated carbocycles. The van der Waals surface area contributed by atoms with Gasteiger partial charge in [0.05, 0.1) is 22.7 Å². The Labute approximate surface area is 204 Å². The van der Waals surface area contributed by atoms with Crippen molar-refractivity contribution >= 4 is 44.9 Å². The van der Waals surface area contributed by atoms with Gasteiger partial charge in [0, 0.05) is 11.1 Å². The first-order valence-corrected chi connectivity index (χ1v) is 11.5. The van der Waals surface area contributed by atoms with E-state index in [1.807, 2.05) is 98.8 Å². The highest BCUT2D eigenvalue weighted by Gasteiger charge is 2.09. The molecule has 170 valence electrons. The van der Waals surface area contributed by atoms with Crippen LogP contribution in [0.3, 0.4) is 0 Å². The molecule has 0 amide bonds. The van der Waals surface area contributed by atoms with Crippen LogP contribution in [-0.2, 0) is 0 Å². The van der Waals surface area contributed by atoms with Crippen molar-refractivity contribution in [2.24, 2.45) is 20.5 Å². The van der Waals surface area contributed by atoms with Crippen LogP contribution in [-0.4, -0.2) is 0 Å². The first-order chi connectivity index (χ1) is 17.2. The highest BCUT2D eigenvalue weighted by Crippen LogP contribution is 2.38. The van der Waals surface area contributed by atoms with E-state index in [9.17, 15) is 0 Å². The van der Waals surface area contributed by atoms with E-state index in [2.05, 4.69) is 44.9 Å². The van der Waals surface area contributed by atoms with Gasteiger partial charge in [0.2, 0.25) is 0 Å². The third-order valence-corrected chi connectivity index (χ3v) is 5.76. The molecule has 0 aliphatic heterocycles. The van der Waals surface area contributed by atoms with Crippen LogP contribution in [0.2, 0.25) is 0 Å². The Morgan fingerprint density at radius 1 is 0.543 bits per heavy atom. The average Bonchev–Trinajstić information content (AvgIpc) is 2.90. The van der Waals surface area contributed by atoms with E-state index in [0.29, 0.717) is 0 Å². The van der Waals surface area contributed by atoms with Crippen molar-refractivity contribution in [3.8, 4) is 0 Å². The Hall–Kier alpha value is -4.64. The molecule has 5 aromatic carbocycles. The molecule has 0 spiro atoms. The van der Waals surface area contributed by atoms with Gasteiger partial charge in [-0.05, 0) is 72.8 Å². The molecule has 5 heteroatoms. The Kier molecular flexibility index (Phi) is 6.39. The fourth-order valence-corrected chi connectivity index (χ4v) is 3.85. The number of fused-ring (bicyclic) bond motifs is 1. The molecule has 0 fully saturated rings. The Bertz CT molecular complexity index is 1520. The molecule has 0 heterocycles. The maximum Gasteiger partial charge on any atom is 0.117 e. The summed E-state index contributed by atoms with van der Waals surface area (Å²) in [5.41, 5.74) is 7.13. The van der Waals surface area contributed by atoms with Gasteiger partial charge in [-0.25, -0.2) is 0 Å². The zero-order valence-corrected chi connectivity index (χ0v) is 19.7. The summed E-state index contributed by atoms with van der Waals surface area (Å²) in [7, 11) is 0. The van der Waals surface area contributed by atoms with E-state index < -0.39 is 0 Å². The lowest BCUT2D eigenvalue weighted by Gasteiger charge is -2.12. The summed E-state index contributed by atoms with van der Waals surface area (Å²) in [5.74, 6) is 0. The van der Waals surface area contributed by atoms with Crippen LogP contribution in [0.1, 0.15) is 11.1 Å². The third kappa shape index (κ3) is 5.14. The standard InChI is InChI=1S/C30H25N5/c1-21-20-29(22(2)19-28(21)33-32-25-14-7-4-8-15-25)34-35-30-26-16-10-9-11-23(26)17-18-27(30)31-24-12-5-3-6-13-24/h3-20,31H,1-2H3. The molecule has 0 atom stereocenters. The van der Waals surface area contributed by atoms with Crippen LogP contribution in [0.25, 0.3) is 10.8 Å². The molecule has 0 saturated heterocycles. The second-order valence-electron chi connectivity index (χ2n) is 8.33. The van der Waals surface area contributed by atoms with Gasteiger partial charge in [0.25, 0.3) is 0 Å². The predicted octanol–water partition coefficient (Wildman–Crippen LogP) is 10.0. The van der Waals surface area contributed by atoms with E-state index in [1.165, 1.54) is 0 Å². The van der Waals surface area contributed by atoms with Gasteiger partial charge in [0.1, 0.15) is 5.69 Å². The second-order valence-corrected chi connectivity index (χ2v) is 8.33. The molecule has 35 heavy (non-hydrogen) atoms. The predicted molar refractivity (Wildman–Crippen MR) is 144 cm³/mol. The summed E-state index contributed by atoms with van der Waals surface area (Å²) >= 11 is 0. The number of benzene rings is 5. The van der Waals surface area contributed by atoms with Crippen LogP contribution in [0.5, 0.6) is 0 Å². The largest absolute Gasteiger partial charge is 0.354 e. The minimum atomic E-state index is 0.803. The summed E-state index contributed by atoms with van der Waals surface area (Å²) in [6, 6.07) is 36.2. The molecular formula is C30H25N5. The molecule has 5 aromatic rings. The van der Waals surface area contributed by atoms with Gasteiger partial charge >= 0.3 is 0 Å². The smallest absolute Gasteiger partial charge is 0.117 e. The number of para-hydroxylation sites is 1. The number of rotatable bonds is 6. The number of hydrogen-bond acceptors (Lipinski definition) is 5. The minimum absolute atomic E-state index is 0.803. The maximum absolute atomic E-state index is 4.73. The van der Waals surface area contributed by atoms with Crippen LogP contribution < -0.4 is 5.32 Å². The molecule has 0 aliphatic rings. The molecule has 0 radical (unpaired) electrons. The zero-order chi connectivity index (χ0) is 24.0. The van der Waals surface area contributed by atoms with Gasteiger partial charge in [-0.3, -0.25) is 0 Å². The molecule has 0 aromatic heterocycles. The summed E-state index contributed by atoms with van der Waals surface area (Å²) < 4.78 is 0. The van der Waals surface area contributed by atoms with Crippen LogP contribution in [0.15, 0.2) is 130 Å². The molecule has 5 rings (SSSR count). The van der Waals surface area contributed by atoms with E-state index in [0.717, 1.165) is 56.0 Å². The highest BCUT2D eigenvalue weighted by molar-refractivity contribution is 5.99. The van der Waals surface area contributed by atoms with Crippen molar-refractivity contribution in [1.29, 1.82) is 0 Å². The quantitative estimate of drug-likeness (QED) is 0.254. The van der Waals surface area contributed by atoms with E-state index in [1.54, 1.807) is 0 Å². The number of anilines is 2. The zero-order valence-electron chi connectivity index (χ0n) is 19.7. The number of nitrogens with zero attached hydrogens (tertiary/aromatic N) is 4. The number of aryl methyl sites for hydroxylation is 2. The number of nitrogens with one attached hydrogen (secondary N) is 1. The monoisotopic (exact) mass is 455 g/mol. The van der Waals surface area contributed by atoms with Gasteiger partial charge in [-0.2, -0.15) is 15.3 Å². The summed E-state index contributed by atoms with van der Waals surface area (Å²) in [4.78, 5) is 0. The Morgan fingerprint density at radius 3 is 1.86 bits per heavy atom. The normalized spacial score (nSPS) is 11.5. The topological polar surface area (TPSA) is 61.5 Å². The third-order valence-electron chi connectivity index (χ3n) is 5.76. The van der Waals surface area contributed by atoms with Crippen molar-refractivity contribution in [2.45, 2.75) is 13.8 Å². The second kappa shape index (κ2) is 10.1. The first kappa shape index (κ1) is 22.2. The first-order valence-electron chi connectivity index (χ1n) is 11.5. The average molecular weight is 456 g/mol. The minimum Gasteiger partial charge on any atom is -0.354 e. The molecular weight excluding hydrogens is 430 g/mol. The lowest BCUT2D eigenvalue weighted by molar-refractivity contribution is 1.17. The molecule has 0 bridgehead atoms. The van der Waals surface area contributed by atoms with Crippen molar-refractivity contribution in [1.82, 2.24) is 0 Å². The number of hydrogen-bond donors (Lipinski definition) is 1. The van der Waals surface area contributed by atoms with E-state index in [4.69, 9.17) is 5.11 Å². The lowest BCUT2D eigenvalue weighted by Crippen LogP contribution is -1.91. The molecule has 5 nitrogen and oxygen atoms in total. The van der Waals surface area contributed by atoms with Gasteiger partial charge in [-0.15, -0.1) is 5.11 Å². The summed E-state index contributed by atoms with van der Waals surface area (Å²) in [6.45, 7) is 4.03. The summed E-state index contributed by atoms with van der Waals surface area (Å²) in [5, 5.41) is 23.8. The van der Waals surface area contributed by atoms with Crippen LogP contribution in [0.4, 0.5) is 34.1 Å². The van der Waals surface area contributed by atoms with Gasteiger partial charge < -0.3 is 5.32 Å². The van der Waals surface area contributed by atoms with Crippen molar-refractivity contribution in [3.63, 3.8) is 0 Å². The fraction of sp³-hybridized carbons (Fsp3) is 0.0667. The summed E-state index contributed by atoms with van der Waals surface area (Å²) in [6.07, 6.45) is 0. The van der Waals surface area contributed by atoms with E-state index >= 15 is 0 Å². The van der Waals surface area contributed by atoms with Crippen molar-refractivity contribution < 1.29 is 0 Å². The van der Waals surface area contributed by atoms with Gasteiger partial charge in [0.15, 0.2) is 0 Å². The number of azo groups is 2. The van der Waals surface area contributed by atoms with Crippen LogP contribution >= 0.6 is 0 Å². The maximum atomic E-state index is 4.73. The highest BCUT2D eigenvalue weighted by atomic mass is 15.1. The molecule has 1 N–H and O–H groups in total.